The average Bonchev–Trinajstić information content (AvgIpc) is 2.20. The van der Waals surface area contributed by atoms with Gasteiger partial charge in [-0.25, -0.2) is 9.59 Å². The Morgan fingerprint density at radius 1 is 0.778 bits per heavy atom. The number of carboxylic acid groups (broad SMARTS) is 2. The van der Waals surface area contributed by atoms with Gasteiger partial charge in [-0.2, -0.15) is 0 Å². The molecule has 0 aliphatic carbocycles. The molecule has 0 bridgehead atoms. The van der Waals surface area contributed by atoms with Gasteiger partial charge in [-0.1, -0.05) is 27.7 Å². The second kappa shape index (κ2) is 7.90. The van der Waals surface area contributed by atoms with Crippen molar-refractivity contribution in [2.45, 2.75) is 53.4 Å². The summed E-state index contributed by atoms with van der Waals surface area (Å²) in [6.07, 6.45) is 2.04. The van der Waals surface area contributed by atoms with Crippen LogP contribution in [0.3, 0.4) is 0 Å². The first-order chi connectivity index (χ1) is 8.25. The van der Waals surface area contributed by atoms with Crippen LogP contribution in [0, 0.1) is 11.8 Å². The first-order valence-electron chi connectivity index (χ1n) is 6.44. The van der Waals surface area contributed by atoms with Gasteiger partial charge in [-0.05, 0) is 37.5 Å². The predicted octanol–water partition coefficient (Wildman–Crippen LogP) is 3.32. The Balaban J connectivity index is 5.04. The fraction of sp³-hybridized carbons (Fsp3) is 0.714. The van der Waals surface area contributed by atoms with E-state index in [1.165, 1.54) is 0 Å². The summed E-state index contributed by atoms with van der Waals surface area (Å²) in [4.78, 5) is 22.4. The zero-order valence-electron chi connectivity index (χ0n) is 11.7. The highest BCUT2D eigenvalue weighted by atomic mass is 16.4. The van der Waals surface area contributed by atoms with Crippen LogP contribution in [-0.2, 0) is 9.59 Å². The van der Waals surface area contributed by atoms with Crippen molar-refractivity contribution in [1.29, 1.82) is 0 Å². The van der Waals surface area contributed by atoms with Crippen LogP contribution in [0.2, 0.25) is 0 Å². The summed E-state index contributed by atoms with van der Waals surface area (Å²) in [7, 11) is 0. The number of hydrogen-bond acceptors (Lipinski definition) is 2. The van der Waals surface area contributed by atoms with Crippen LogP contribution in [0.25, 0.3) is 0 Å². The maximum atomic E-state index is 11.2. The van der Waals surface area contributed by atoms with Crippen molar-refractivity contribution in [3.63, 3.8) is 0 Å². The minimum absolute atomic E-state index is 0.0665. The van der Waals surface area contributed by atoms with Crippen LogP contribution in [0.5, 0.6) is 0 Å². The Morgan fingerprint density at radius 3 is 1.22 bits per heavy atom. The molecule has 0 aromatic carbocycles. The molecule has 104 valence electrons. The molecular weight excluding hydrogens is 232 g/mol. The number of carboxylic acids is 2. The molecule has 0 unspecified atom stereocenters. The Labute approximate surface area is 109 Å². The minimum atomic E-state index is -1.10. The summed E-state index contributed by atoms with van der Waals surface area (Å²) in [5, 5.41) is 18.3. The molecule has 0 rings (SSSR count). The van der Waals surface area contributed by atoms with E-state index in [1.807, 2.05) is 27.7 Å². The highest BCUT2D eigenvalue weighted by molar-refractivity contribution is 5.98. The van der Waals surface area contributed by atoms with E-state index >= 15 is 0 Å². The van der Waals surface area contributed by atoms with Gasteiger partial charge in [-0.3, -0.25) is 0 Å². The quantitative estimate of drug-likeness (QED) is 0.653. The molecule has 0 aromatic rings. The van der Waals surface area contributed by atoms with Crippen molar-refractivity contribution in [2.24, 2.45) is 11.8 Å². The number of aliphatic carboxylic acids is 2. The molecule has 0 aromatic heterocycles. The second-order valence-corrected chi connectivity index (χ2v) is 5.43. The third-order valence-corrected chi connectivity index (χ3v) is 2.82. The van der Waals surface area contributed by atoms with E-state index in [0.29, 0.717) is 37.5 Å². The maximum Gasteiger partial charge on any atom is 0.332 e. The molecule has 0 aliphatic rings. The molecule has 0 saturated carbocycles. The van der Waals surface area contributed by atoms with Crippen LogP contribution < -0.4 is 0 Å². The lowest BCUT2D eigenvalue weighted by molar-refractivity contribution is -0.136. The van der Waals surface area contributed by atoms with Crippen molar-refractivity contribution < 1.29 is 19.8 Å². The van der Waals surface area contributed by atoms with E-state index in [4.69, 9.17) is 10.2 Å². The number of hydrogen-bond donors (Lipinski definition) is 2. The molecular formula is C14H24O4. The fourth-order valence-corrected chi connectivity index (χ4v) is 1.64. The molecule has 0 saturated heterocycles. The Bertz CT molecular complexity index is 295. The molecule has 2 N–H and O–H groups in total. The van der Waals surface area contributed by atoms with Gasteiger partial charge in [0.05, 0.1) is 0 Å². The Kier molecular flexibility index (Phi) is 7.32. The van der Waals surface area contributed by atoms with Gasteiger partial charge in [0, 0.05) is 11.1 Å². The van der Waals surface area contributed by atoms with Crippen molar-refractivity contribution >= 4 is 11.9 Å². The molecule has 0 spiro atoms. The fourth-order valence-electron chi connectivity index (χ4n) is 1.64. The first-order valence-corrected chi connectivity index (χ1v) is 6.44. The molecule has 4 heteroatoms. The molecule has 0 heterocycles. The van der Waals surface area contributed by atoms with Crippen molar-refractivity contribution in [2.75, 3.05) is 0 Å². The van der Waals surface area contributed by atoms with E-state index in [2.05, 4.69) is 0 Å². The third kappa shape index (κ3) is 6.42. The van der Waals surface area contributed by atoms with Gasteiger partial charge in [0.15, 0.2) is 0 Å². The highest BCUT2D eigenvalue weighted by Gasteiger charge is 2.20. The van der Waals surface area contributed by atoms with Gasteiger partial charge in [0.2, 0.25) is 0 Å². The lowest BCUT2D eigenvalue weighted by Gasteiger charge is -2.11. The summed E-state index contributed by atoms with van der Waals surface area (Å²) in [6.45, 7) is 7.98. The lowest BCUT2D eigenvalue weighted by atomic mass is 9.94. The topological polar surface area (TPSA) is 74.6 Å². The molecule has 0 radical (unpaired) electrons. The predicted molar refractivity (Wildman–Crippen MR) is 70.4 cm³/mol. The summed E-state index contributed by atoms with van der Waals surface area (Å²) in [5.74, 6) is -1.48. The second-order valence-electron chi connectivity index (χ2n) is 5.43. The van der Waals surface area contributed by atoms with Gasteiger partial charge < -0.3 is 10.2 Å². The smallest absolute Gasteiger partial charge is 0.332 e. The van der Waals surface area contributed by atoms with E-state index in [1.54, 1.807) is 0 Å². The van der Waals surface area contributed by atoms with Gasteiger partial charge >= 0.3 is 11.9 Å². The highest BCUT2D eigenvalue weighted by Crippen LogP contribution is 2.21. The number of carbonyl (C=O) groups is 2. The van der Waals surface area contributed by atoms with E-state index in [0.717, 1.165) is 0 Å². The monoisotopic (exact) mass is 256 g/mol. The van der Waals surface area contributed by atoms with Gasteiger partial charge in [0.25, 0.3) is 0 Å². The molecule has 18 heavy (non-hydrogen) atoms. The molecule has 0 amide bonds. The molecule has 4 nitrogen and oxygen atoms in total. The zero-order valence-corrected chi connectivity index (χ0v) is 11.7. The number of rotatable bonds is 8. The summed E-state index contributed by atoms with van der Waals surface area (Å²) in [5.41, 5.74) is 0.133. The Morgan fingerprint density at radius 2 is 1.06 bits per heavy atom. The largest absolute Gasteiger partial charge is 0.478 e. The Hall–Kier alpha value is -1.32. The third-order valence-electron chi connectivity index (χ3n) is 2.82. The van der Waals surface area contributed by atoms with Crippen LogP contribution in [0.4, 0.5) is 0 Å². The molecule has 0 atom stereocenters. The van der Waals surface area contributed by atoms with Crippen LogP contribution in [-0.4, -0.2) is 22.2 Å². The van der Waals surface area contributed by atoms with E-state index < -0.39 is 11.9 Å². The van der Waals surface area contributed by atoms with Crippen LogP contribution in [0.15, 0.2) is 11.1 Å². The van der Waals surface area contributed by atoms with E-state index in [-0.39, 0.29) is 11.1 Å². The van der Waals surface area contributed by atoms with Crippen molar-refractivity contribution in [1.82, 2.24) is 0 Å². The van der Waals surface area contributed by atoms with Crippen LogP contribution in [0.1, 0.15) is 53.4 Å². The molecule has 0 fully saturated rings. The SMILES string of the molecule is CC(C)CC/C(C(=O)O)=C(\CCC(C)C)C(=O)O. The van der Waals surface area contributed by atoms with Crippen molar-refractivity contribution in [3.05, 3.63) is 11.1 Å². The normalized spacial score (nSPS) is 12.8. The maximum absolute atomic E-state index is 11.2. The average molecular weight is 256 g/mol. The summed E-state index contributed by atoms with van der Waals surface area (Å²) in [6, 6.07) is 0. The van der Waals surface area contributed by atoms with Gasteiger partial charge in [-0.15, -0.1) is 0 Å². The summed E-state index contributed by atoms with van der Waals surface area (Å²) < 4.78 is 0. The van der Waals surface area contributed by atoms with Crippen molar-refractivity contribution in [3.8, 4) is 0 Å². The van der Waals surface area contributed by atoms with Crippen LogP contribution >= 0.6 is 0 Å². The molecule has 0 aliphatic heterocycles. The van der Waals surface area contributed by atoms with Gasteiger partial charge in [0.1, 0.15) is 0 Å². The standard InChI is InChI=1S/C14H24O4/c1-9(2)5-7-11(13(15)16)12(14(17)18)8-6-10(3)4/h9-10H,5-8H2,1-4H3,(H,15,16)(H,17,18)/b12-11-. The lowest BCUT2D eigenvalue weighted by Crippen LogP contribution is -2.13. The first kappa shape index (κ1) is 16.7. The minimum Gasteiger partial charge on any atom is -0.478 e. The van der Waals surface area contributed by atoms with E-state index in [9.17, 15) is 9.59 Å². The zero-order chi connectivity index (χ0) is 14.3. The summed E-state index contributed by atoms with van der Waals surface area (Å²) >= 11 is 0.